The fourth-order valence-corrected chi connectivity index (χ4v) is 3.56. The van der Waals surface area contributed by atoms with Gasteiger partial charge in [-0.25, -0.2) is 4.98 Å². The van der Waals surface area contributed by atoms with E-state index in [1.807, 2.05) is 0 Å². The first-order chi connectivity index (χ1) is 11.8. The van der Waals surface area contributed by atoms with Crippen LogP contribution in [0.25, 0.3) is 22.3 Å². The average Bonchev–Trinajstić information content (AvgIpc) is 2.55. The van der Waals surface area contributed by atoms with Crippen LogP contribution >= 0.6 is 69.6 Å². The first kappa shape index (κ1) is 19.0. The molecule has 0 unspecified atom stereocenters. The van der Waals surface area contributed by atoms with Crippen molar-refractivity contribution in [3.05, 3.63) is 72.6 Å². The Labute approximate surface area is 173 Å². The minimum atomic E-state index is -0.708. The minimum absolute atomic E-state index is 0.156. The molecule has 0 saturated carbocycles. The van der Waals surface area contributed by atoms with Gasteiger partial charge in [0.25, 0.3) is 0 Å². The van der Waals surface area contributed by atoms with Crippen LogP contribution < -0.4 is 0 Å². The molecule has 8 heteroatoms. The highest BCUT2D eigenvalue weighted by molar-refractivity contribution is 6.44. The van der Waals surface area contributed by atoms with Gasteiger partial charge in [-0.2, -0.15) is 4.39 Å². The van der Waals surface area contributed by atoms with Gasteiger partial charge in [0.2, 0.25) is 5.95 Å². The fourth-order valence-electron chi connectivity index (χ4n) is 2.26. The topological polar surface area (TPSA) is 12.9 Å². The first-order valence-corrected chi connectivity index (χ1v) is 9.00. The number of hydrogen-bond acceptors (Lipinski definition) is 1. The Morgan fingerprint density at radius 1 is 0.560 bits per heavy atom. The molecule has 1 aromatic heterocycles. The monoisotopic (exact) mass is 453 g/mol. The number of nitrogens with zero attached hydrogens (tertiary/aromatic N) is 1. The van der Waals surface area contributed by atoms with Gasteiger partial charge in [-0.05, 0) is 30.3 Å². The zero-order valence-electron chi connectivity index (χ0n) is 12.1. The molecule has 0 aliphatic rings. The Kier molecular flexibility index (Phi) is 5.69. The maximum Gasteiger partial charge on any atom is 0.220 e. The third kappa shape index (κ3) is 3.85. The normalized spacial score (nSPS) is 11.0. The van der Waals surface area contributed by atoms with Crippen LogP contribution in [0.2, 0.25) is 30.1 Å². The quantitative estimate of drug-likeness (QED) is 0.279. The highest BCUT2D eigenvalue weighted by atomic mass is 35.5. The van der Waals surface area contributed by atoms with Crippen molar-refractivity contribution in [2.24, 2.45) is 0 Å². The summed E-state index contributed by atoms with van der Waals surface area (Å²) < 4.78 is 14.3. The number of rotatable bonds is 2. The molecule has 3 aromatic rings. The summed E-state index contributed by atoms with van der Waals surface area (Å²) >= 11 is 36.3. The molecule has 1 heterocycles. The molecular formula is C17H6Cl6FN. The smallest absolute Gasteiger partial charge is 0.220 e. The summed E-state index contributed by atoms with van der Waals surface area (Å²) in [6.45, 7) is 0. The van der Waals surface area contributed by atoms with Crippen molar-refractivity contribution in [3.63, 3.8) is 0 Å². The lowest BCUT2D eigenvalue weighted by atomic mass is 10.0. The Morgan fingerprint density at radius 2 is 1.04 bits per heavy atom. The fraction of sp³-hybridized carbons (Fsp3) is 0. The van der Waals surface area contributed by atoms with E-state index in [0.29, 0.717) is 31.8 Å². The molecule has 0 aliphatic carbocycles. The number of aromatic nitrogens is 1. The lowest BCUT2D eigenvalue weighted by molar-refractivity contribution is 0.588. The Balaban J connectivity index is 2.21. The van der Waals surface area contributed by atoms with E-state index in [9.17, 15) is 4.39 Å². The largest absolute Gasteiger partial charge is 0.227 e. The highest BCUT2D eigenvalue weighted by Gasteiger charge is 2.16. The summed E-state index contributed by atoms with van der Waals surface area (Å²) in [5, 5.41) is 1.75. The zero-order valence-corrected chi connectivity index (χ0v) is 16.6. The molecule has 128 valence electrons. The van der Waals surface area contributed by atoms with E-state index in [1.54, 1.807) is 12.1 Å². The highest BCUT2D eigenvalue weighted by Crippen LogP contribution is 2.39. The van der Waals surface area contributed by atoms with Crippen LogP contribution in [0.3, 0.4) is 0 Å². The van der Waals surface area contributed by atoms with Gasteiger partial charge in [0.1, 0.15) is 0 Å². The first-order valence-electron chi connectivity index (χ1n) is 6.73. The molecule has 25 heavy (non-hydrogen) atoms. The maximum atomic E-state index is 14.3. The molecule has 0 N–H and O–H groups in total. The van der Waals surface area contributed by atoms with Gasteiger partial charge in [0, 0.05) is 28.5 Å². The van der Waals surface area contributed by atoms with Crippen LogP contribution in [0.1, 0.15) is 0 Å². The molecule has 0 atom stereocenters. The summed E-state index contributed by atoms with van der Waals surface area (Å²) in [7, 11) is 0. The second kappa shape index (κ2) is 7.48. The summed E-state index contributed by atoms with van der Waals surface area (Å²) in [4.78, 5) is 3.78. The third-order valence-corrected chi connectivity index (χ3v) is 5.53. The predicted octanol–water partition coefficient (Wildman–Crippen LogP) is 8.48. The van der Waals surface area contributed by atoms with Crippen LogP contribution in [0.4, 0.5) is 4.39 Å². The molecule has 0 fully saturated rings. The maximum absolute atomic E-state index is 14.3. The van der Waals surface area contributed by atoms with Crippen LogP contribution in [-0.2, 0) is 0 Å². The molecule has 0 saturated heterocycles. The van der Waals surface area contributed by atoms with Crippen molar-refractivity contribution < 1.29 is 4.39 Å². The van der Waals surface area contributed by atoms with Crippen LogP contribution in [-0.4, -0.2) is 4.98 Å². The van der Waals surface area contributed by atoms with Crippen LogP contribution in [0, 0.1) is 5.95 Å². The predicted molar refractivity (Wildman–Crippen MR) is 105 cm³/mol. The molecule has 0 bridgehead atoms. The number of hydrogen-bond donors (Lipinski definition) is 0. The lowest BCUT2D eigenvalue weighted by Gasteiger charge is -2.11. The summed E-state index contributed by atoms with van der Waals surface area (Å²) in [6.07, 6.45) is 1.34. The minimum Gasteiger partial charge on any atom is -0.227 e. The Hall–Kier alpha value is -0.740. The van der Waals surface area contributed by atoms with E-state index in [4.69, 9.17) is 69.6 Å². The summed E-state index contributed by atoms with van der Waals surface area (Å²) in [6, 6.07) is 7.57. The third-order valence-electron chi connectivity index (χ3n) is 3.46. The SMILES string of the molecule is Fc1ncc(-c2cc(Cl)c(Cl)cc2Cl)cc1-c1cc(Cl)c(Cl)cc1Cl. The van der Waals surface area contributed by atoms with E-state index in [-0.39, 0.29) is 20.6 Å². The molecule has 0 aliphatic heterocycles. The summed E-state index contributed by atoms with van der Waals surface area (Å²) in [5.41, 5.74) is 1.62. The van der Waals surface area contributed by atoms with Gasteiger partial charge in [-0.1, -0.05) is 69.6 Å². The van der Waals surface area contributed by atoms with E-state index in [2.05, 4.69) is 4.98 Å². The van der Waals surface area contributed by atoms with E-state index in [0.717, 1.165) is 0 Å². The zero-order chi connectivity index (χ0) is 18.3. The Morgan fingerprint density at radius 3 is 1.64 bits per heavy atom. The van der Waals surface area contributed by atoms with Crippen molar-refractivity contribution >= 4 is 69.6 Å². The van der Waals surface area contributed by atoms with Crippen LogP contribution in [0.15, 0.2) is 36.5 Å². The van der Waals surface area contributed by atoms with Crippen molar-refractivity contribution in [2.75, 3.05) is 0 Å². The second-order valence-corrected chi connectivity index (χ2v) is 7.50. The molecular weight excluding hydrogens is 450 g/mol. The standard InChI is InChI=1S/C17H6Cl6FN/c18-11-4-15(22)13(20)2-8(11)7-1-10(17(24)25-6-7)9-3-14(21)16(23)5-12(9)19/h1-6H. The van der Waals surface area contributed by atoms with Crippen LogP contribution in [0.5, 0.6) is 0 Å². The van der Waals surface area contributed by atoms with Gasteiger partial charge >= 0.3 is 0 Å². The van der Waals surface area contributed by atoms with Gasteiger partial charge in [0.15, 0.2) is 0 Å². The number of pyridine rings is 1. The van der Waals surface area contributed by atoms with Crippen molar-refractivity contribution in [2.45, 2.75) is 0 Å². The van der Waals surface area contributed by atoms with E-state index >= 15 is 0 Å². The molecule has 0 radical (unpaired) electrons. The Bertz CT molecular complexity index is 989. The van der Waals surface area contributed by atoms with Gasteiger partial charge in [-0.15, -0.1) is 0 Å². The van der Waals surface area contributed by atoms with Gasteiger partial charge in [0.05, 0.1) is 30.1 Å². The molecule has 1 nitrogen and oxygen atoms in total. The van der Waals surface area contributed by atoms with Gasteiger partial charge in [-0.3, -0.25) is 0 Å². The van der Waals surface area contributed by atoms with E-state index < -0.39 is 5.95 Å². The second-order valence-electron chi connectivity index (χ2n) is 5.05. The van der Waals surface area contributed by atoms with Gasteiger partial charge < -0.3 is 0 Å². The van der Waals surface area contributed by atoms with Crippen molar-refractivity contribution in [1.82, 2.24) is 4.98 Å². The summed E-state index contributed by atoms with van der Waals surface area (Å²) in [5.74, 6) is -0.708. The van der Waals surface area contributed by atoms with Crippen molar-refractivity contribution in [1.29, 1.82) is 0 Å². The number of halogens is 7. The molecule has 0 amide bonds. The molecule has 0 spiro atoms. The number of benzene rings is 2. The van der Waals surface area contributed by atoms with E-state index in [1.165, 1.54) is 24.4 Å². The molecule has 2 aromatic carbocycles. The lowest BCUT2D eigenvalue weighted by Crippen LogP contribution is -1.93. The van der Waals surface area contributed by atoms with Crippen molar-refractivity contribution in [3.8, 4) is 22.3 Å². The molecule has 3 rings (SSSR count). The average molecular weight is 456 g/mol.